The van der Waals surface area contributed by atoms with Crippen molar-refractivity contribution in [3.63, 3.8) is 0 Å². The minimum atomic E-state index is -4.55. The van der Waals surface area contributed by atoms with Crippen molar-refractivity contribution in [1.29, 1.82) is 0 Å². The summed E-state index contributed by atoms with van der Waals surface area (Å²) in [5.74, 6) is 0. The van der Waals surface area contributed by atoms with Gasteiger partial charge in [0.1, 0.15) is 0 Å². The maximum Gasteiger partial charge on any atom is 0.522 e. The number of alkyl halides is 3. The van der Waals surface area contributed by atoms with Crippen LogP contribution in [0.1, 0.15) is 0 Å². The Balaban J connectivity index is 2.29. The summed E-state index contributed by atoms with van der Waals surface area (Å²) < 4.78 is 38.3. The molecule has 0 aromatic rings. The standard InChI is InChI=1S/C5H8F3N2O/c1-10-3-4(2-9-10)11-5(6,7)8/h2,4,9H,3H2,1H3. The highest BCUT2D eigenvalue weighted by molar-refractivity contribution is 4.82. The SMILES string of the molecule is CN1CC(OC(F)(F)F)[CH]N1. The number of rotatable bonds is 1. The van der Waals surface area contributed by atoms with Crippen LogP contribution in [-0.4, -0.2) is 31.1 Å². The number of hydrogen-bond acceptors (Lipinski definition) is 3. The molecule has 0 aliphatic carbocycles. The molecule has 65 valence electrons. The number of likely N-dealkylation sites (N-methyl/N-ethyl adjacent to an activating group) is 1. The van der Waals surface area contributed by atoms with Crippen molar-refractivity contribution in [1.82, 2.24) is 10.4 Å². The minimum Gasteiger partial charge on any atom is -0.285 e. The van der Waals surface area contributed by atoms with E-state index >= 15 is 0 Å². The lowest BCUT2D eigenvalue weighted by atomic mass is 10.4. The highest BCUT2D eigenvalue weighted by atomic mass is 19.4. The quantitative estimate of drug-likeness (QED) is 0.618. The van der Waals surface area contributed by atoms with Crippen LogP contribution in [0, 0.1) is 6.54 Å². The van der Waals surface area contributed by atoms with Crippen LogP contribution in [0.25, 0.3) is 0 Å². The zero-order valence-electron chi connectivity index (χ0n) is 5.85. The smallest absolute Gasteiger partial charge is 0.285 e. The van der Waals surface area contributed by atoms with E-state index < -0.39 is 12.5 Å². The summed E-state index contributed by atoms with van der Waals surface area (Å²) in [6, 6.07) is 0. The van der Waals surface area contributed by atoms with Gasteiger partial charge in [0.2, 0.25) is 0 Å². The molecule has 11 heavy (non-hydrogen) atoms. The maximum absolute atomic E-state index is 11.5. The van der Waals surface area contributed by atoms with Gasteiger partial charge in [-0.25, -0.2) is 10.4 Å². The second kappa shape index (κ2) is 2.96. The van der Waals surface area contributed by atoms with E-state index in [1.54, 1.807) is 7.05 Å². The lowest BCUT2D eigenvalue weighted by Gasteiger charge is -2.12. The molecule has 1 heterocycles. The third kappa shape index (κ3) is 3.04. The number of nitrogens with one attached hydrogen (secondary N) is 1. The van der Waals surface area contributed by atoms with E-state index in [2.05, 4.69) is 10.2 Å². The van der Waals surface area contributed by atoms with E-state index in [0.29, 0.717) is 0 Å². The lowest BCUT2D eigenvalue weighted by molar-refractivity contribution is -0.336. The summed E-state index contributed by atoms with van der Waals surface area (Å²) in [4.78, 5) is 0. The van der Waals surface area contributed by atoms with E-state index in [1.807, 2.05) is 0 Å². The van der Waals surface area contributed by atoms with Gasteiger partial charge in [0.05, 0.1) is 12.6 Å². The van der Waals surface area contributed by atoms with Gasteiger partial charge in [-0.15, -0.1) is 13.2 Å². The highest BCUT2D eigenvalue weighted by Crippen LogP contribution is 2.21. The van der Waals surface area contributed by atoms with Gasteiger partial charge in [-0.3, -0.25) is 4.74 Å². The first-order valence-electron chi connectivity index (χ1n) is 3.02. The molecule has 1 aliphatic rings. The predicted octanol–water partition coefficient (Wildman–Crippen LogP) is 0.503. The topological polar surface area (TPSA) is 24.5 Å². The number of hydrogen-bond donors (Lipinski definition) is 1. The third-order valence-electron chi connectivity index (χ3n) is 1.22. The number of hydrazine groups is 1. The van der Waals surface area contributed by atoms with Crippen molar-refractivity contribution in [2.45, 2.75) is 12.5 Å². The minimum absolute atomic E-state index is 0.208. The second-order valence-corrected chi connectivity index (χ2v) is 2.28. The molecule has 1 atom stereocenters. The second-order valence-electron chi connectivity index (χ2n) is 2.28. The molecule has 1 fully saturated rings. The maximum atomic E-state index is 11.5. The Bertz CT molecular complexity index is 138. The van der Waals surface area contributed by atoms with E-state index in [-0.39, 0.29) is 6.54 Å². The molecule has 0 spiro atoms. The molecule has 3 nitrogen and oxygen atoms in total. The normalized spacial score (nSPS) is 27.8. The van der Waals surface area contributed by atoms with Gasteiger partial charge in [-0.1, -0.05) is 0 Å². The van der Waals surface area contributed by atoms with Gasteiger partial charge in [0.25, 0.3) is 0 Å². The molecule has 1 unspecified atom stereocenters. The molecule has 0 bridgehead atoms. The highest BCUT2D eigenvalue weighted by Gasteiger charge is 2.35. The fraction of sp³-hybridized carbons (Fsp3) is 0.800. The van der Waals surface area contributed by atoms with Gasteiger partial charge in [0, 0.05) is 13.6 Å². The molecular weight excluding hydrogens is 161 g/mol. The Kier molecular flexibility index (Phi) is 2.36. The van der Waals surface area contributed by atoms with Crippen LogP contribution >= 0.6 is 0 Å². The van der Waals surface area contributed by atoms with Gasteiger partial charge in [0.15, 0.2) is 0 Å². The molecule has 0 aromatic carbocycles. The summed E-state index contributed by atoms with van der Waals surface area (Å²) in [5.41, 5.74) is 2.58. The van der Waals surface area contributed by atoms with E-state index in [4.69, 9.17) is 0 Å². The van der Waals surface area contributed by atoms with Crippen LogP contribution in [0.15, 0.2) is 0 Å². The number of nitrogens with zero attached hydrogens (tertiary/aromatic N) is 1. The first-order chi connectivity index (χ1) is 4.97. The van der Waals surface area contributed by atoms with E-state index in [9.17, 15) is 13.2 Å². The molecule has 1 aliphatic heterocycles. The van der Waals surface area contributed by atoms with Crippen molar-refractivity contribution in [2.24, 2.45) is 0 Å². The van der Waals surface area contributed by atoms with Crippen LogP contribution < -0.4 is 5.43 Å². The average molecular weight is 169 g/mol. The predicted molar refractivity (Wildman–Crippen MR) is 31.0 cm³/mol. The molecule has 6 heteroatoms. The summed E-state index contributed by atoms with van der Waals surface area (Å²) in [5, 5.41) is 1.51. The molecule has 1 saturated heterocycles. The van der Waals surface area contributed by atoms with E-state index in [0.717, 1.165) is 0 Å². The first kappa shape index (κ1) is 8.76. The Morgan fingerprint density at radius 1 is 1.64 bits per heavy atom. The Morgan fingerprint density at radius 3 is 2.64 bits per heavy atom. The molecule has 1 radical (unpaired) electrons. The zero-order valence-corrected chi connectivity index (χ0v) is 5.85. The lowest BCUT2D eigenvalue weighted by Crippen LogP contribution is -2.27. The zero-order chi connectivity index (χ0) is 8.48. The first-order valence-corrected chi connectivity index (χ1v) is 3.02. The van der Waals surface area contributed by atoms with Crippen LogP contribution in [0.4, 0.5) is 13.2 Å². The van der Waals surface area contributed by atoms with Crippen LogP contribution in [0.3, 0.4) is 0 Å². The van der Waals surface area contributed by atoms with Crippen molar-refractivity contribution < 1.29 is 17.9 Å². The van der Waals surface area contributed by atoms with Crippen LogP contribution in [0.5, 0.6) is 0 Å². The van der Waals surface area contributed by atoms with Gasteiger partial charge >= 0.3 is 6.36 Å². The van der Waals surface area contributed by atoms with Crippen molar-refractivity contribution in [3.8, 4) is 0 Å². The molecular formula is C5H8F3N2O. The third-order valence-corrected chi connectivity index (χ3v) is 1.22. The summed E-state index contributed by atoms with van der Waals surface area (Å²) in [6.07, 6.45) is -5.45. The fourth-order valence-corrected chi connectivity index (χ4v) is 0.829. The van der Waals surface area contributed by atoms with Gasteiger partial charge < -0.3 is 0 Å². The van der Waals surface area contributed by atoms with Crippen molar-refractivity contribution in [2.75, 3.05) is 13.6 Å². The Morgan fingerprint density at radius 2 is 2.27 bits per heavy atom. The summed E-state index contributed by atoms with van der Waals surface area (Å²) in [7, 11) is 1.64. The molecule has 1 N–H and O–H groups in total. The number of ether oxygens (including phenoxy) is 1. The monoisotopic (exact) mass is 169 g/mol. The van der Waals surface area contributed by atoms with Gasteiger partial charge in [-0.05, 0) is 0 Å². The Labute approximate surface area is 62.1 Å². The number of halogens is 3. The van der Waals surface area contributed by atoms with Gasteiger partial charge in [-0.2, -0.15) is 0 Å². The molecule has 1 rings (SSSR count). The molecule has 0 aromatic heterocycles. The molecule has 0 amide bonds. The summed E-state index contributed by atoms with van der Waals surface area (Å²) >= 11 is 0. The van der Waals surface area contributed by atoms with Crippen LogP contribution in [0.2, 0.25) is 0 Å². The van der Waals surface area contributed by atoms with Crippen LogP contribution in [-0.2, 0) is 4.74 Å². The largest absolute Gasteiger partial charge is 0.522 e. The van der Waals surface area contributed by atoms with Crippen molar-refractivity contribution in [3.05, 3.63) is 6.54 Å². The molecule has 0 saturated carbocycles. The fourth-order valence-electron chi connectivity index (χ4n) is 0.829. The summed E-state index contributed by atoms with van der Waals surface area (Å²) in [6.45, 7) is 1.47. The van der Waals surface area contributed by atoms with Crippen molar-refractivity contribution >= 4 is 0 Å². The average Bonchev–Trinajstić information content (AvgIpc) is 2.10. The van der Waals surface area contributed by atoms with E-state index in [1.165, 1.54) is 11.6 Å². The Hall–Kier alpha value is -0.330.